The summed E-state index contributed by atoms with van der Waals surface area (Å²) in [5, 5.41) is 0. The summed E-state index contributed by atoms with van der Waals surface area (Å²) in [6.45, 7) is 1.30. The highest BCUT2D eigenvalue weighted by Crippen LogP contribution is 2.39. The molecule has 2 aromatic carbocycles. The van der Waals surface area contributed by atoms with Gasteiger partial charge in [-0.15, -0.1) is 0 Å². The molecule has 0 aromatic heterocycles. The molecule has 3 fully saturated rings. The van der Waals surface area contributed by atoms with Crippen LogP contribution in [0.2, 0.25) is 0 Å². The number of nitrogens with zero attached hydrogens (tertiary/aromatic N) is 1. The number of anilines is 1. The highest BCUT2D eigenvalue weighted by molar-refractivity contribution is 5.99. The Morgan fingerprint density at radius 1 is 1.03 bits per heavy atom. The van der Waals surface area contributed by atoms with Gasteiger partial charge in [-0.3, -0.25) is 9.59 Å². The van der Waals surface area contributed by atoms with Crippen molar-refractivity contribution >= 4 is 17.5 Å². The minimum atomic E-state index is -0.495. The van der Waals surface area contributed by atoms with E-state index in [1.165, 1.54) is 25.7 Å². The Morgan fingerprint density at radius 2 is 1.84 bits per heavy atom. The number of rotatable bonds is 8. The van der Waals surface area contributed by atoms with Crippen molar-refractivity contribution in [3.05, 3.63) is 53.6 Å². The van der Waals surface area contributed by atoms with Crippen molar-refractivity contribution in [3.63, 3.8) is 0 Å². The first-order valence-electron chi connectivity index (χ1n) is 11.7. The summed E-state index contributed by atoms with van der Waals surface area (Å²) in [4.78, 5) is 26.1. The van der Waals surface area contributed by atoms with Gasteiger partial charge in [-0.1, -0.05) is 12.1 Å². The van der Waals surface area contributed by atoms with Crippen molar-refractivity contribution in [2.24, 2.45) is 11.7 Å². The minimum Gasteiger partial charge on any atom is -0.489 e. The number of nitrogens with two attached hydrogens (primary N) is 1. The van der Waals surface area contributed by atoms with E-state index in [4.69, 9.17) is 15.2 Å². The predicted octanol–water partition coefficient (Wildman–Crippen LogP) is 4.42. The fraction of sp³-hybridized carbons (Fsp3) is 0.462. The Hall–Kier alpha value is -3.02. The van der Waals surface area contributed by atoms with Crippen LogP contribution in [0.25, 0.3) is 0 Å². The molecule has 168 valence electrons. The molecule has 2 aliphatic carbocycles. The zero-order chi connectivity index (χ0) is 22.1. The summed E-state index contributed by atoms with van der Waals surface area (Å²) in [7, 11) is 0. The lowest BCUT2D eigenvalue weighted by Crippen LogP contribution is -2.24. The molecule has 1 heterocycles. The topological polar surface area (TPSA) is 81.9 Å². The number of hydrogen-bond acceptors (Lipinski definition) is 4. The molecular formula is C26H30N2O4. The molecule has 2 amide bonds. The van der Waals surface area contributed by atoms with Crippen LogP contribution >= 0.6 is 0 Å². The number of amides is 2. The lowest BCUT2D eigenvalue weighted by atomic mass is 9.98. The molecule has 0 bridgehead atoms. The zero-order valence-corrected chi connectivity index (χ0v) is 18.3. The van der Waals surface area contributed by atoms with E-state index in [9.17, 15) is 9.59 Å². The van der Waals surface area contributed by atoms with Crippen molar-refractivity contribution in [1.29, 1.82) is 0 Å². The van der Waals surface area contributed by atoms with Crippen LogP contribution in [0.4, 0.5) is 5.69 Å². The molecule has 1 atom stereocenters. The summed E-state index contributed by atoms with van der Waals surface area (Å²) in [6.07, 6.45) is 7.73. The lowest BCUT2D eigenvalue weighted by Gasteiger charge is -2.20. The molecular weight excluding hydrogens is 404 g/mol. The SMILES string of the molecule is NC(=O)c1cccc(N2C[C@@H](c3ccc(OCC4CC4)c(OC4CCCC4)c3)CC2=O)c1. The minimum absolute atomic E-state index is 0.0453. The largest absolute Gasteiger partial charge is 0.489 e. The number of carbonyl (C=O) groups is 2. The van der Waals surface area contributed by atoms with Gasteiger partial charge in [0.1, 0.15) is 0 Å². The molecule has 6 nitrogen and oxygen atoms in total. The van der Waals surface area contributed by atoms with Crippen LogP contribution in [0.3, 0.4) is 0 Å². The summed E-state index contributed by atoms with van der Waals surface area (Å²) in [5.74, 6) is 1.89. The maximum absolute atomic E-state index is 12.8. The average molecular weight is 435 g/mol. The first kappa shape index (κ1) is 20.9. The van der Waals surface area contributed by atoms with E-state index < -0.39 is 5.91 Å². The number of carbonyl (C=O) groups excluding carboxylic acids is 2. The number of benzene rings is 2. The second kappa shape index (κ2) is 8.85. The predicted molar refractivity (Wildman–Crippen MR) is 122 cm³/mol. The zero-order valence-electron chi connectivity index (χ0n) is 18.3. The third kappa shape index (κ3) is 4.59. The van der Waals surface area contributed by atoms with E-state index in [0.29, 0.717) is 30.1 Å². The monoisotopic (exact) mass is 434 g/mol. The van der Waals surface area contributed by atoms with Gasteiger partial charge in [0.05, 0.1) is 12.7 Å². The van der Waals surface area contributed by atoms with E-state index >= 15 is 0 Å². The van der Waals surface area contributed by atoms with E-state index in [0.717, 1.165) is 36.5 Å². The Bertz CT molecular complexity index is 1010. The molecule has 32 heavy (non-hydrogen) atoms. The third-order valence-corrected chi connectivity index (χ3v) is 6.77. The van der Waals surface area contributed by atoms with Gasteiger partial charge in [0, 0.05) is 30.1 Å². The van der Waals surface area contributed by atoms with Gasteiger partial charge in [0.25, 0.3) is 0 Å². The normalized spacial score (nSPS) is 21.2. The molecule has 1 saturated heterocycles. The van der Waals surface area contributed by atoms with E-state index in [1.54, 1.807) is 23.1 Å². The first-order chi connectivity index (χ1) is 15.6. The Morgan fingerprint density at radius 3 is 2.59 bits per heavy atom. The van der Waals surface area contributed by atoms with Crippen molar-refractivity contribution in [1.82, 2.24) is 0 Å². The standard InChI is InChI=1S/C26H30N2O4/c27-26(30)19-4-3-5-21(12-19)28-15-20(14-25(28)29)18-10-11-23(31-16-17-8-9-17)24(13-18)32-22-6-1-2-7-22/h3-5,10-13,17,20,22H,1-2,6-9,14-16H2,(H2,27,30)/t20-/m0/s1. The molecule has 2 aromatic rings. The highest BCUT2D eigenvalue weighted by atomic mass is 16.5. The van der Waals surface area contributed by atoms with Crippen LogP contribution in [0.5, 0.6) is 11.5 Å². The quantitative estimate of drug-likeness (QED) is 0.667. The Balaban J connectivity index is 1.35. The molecule has 1 aliphatic heterocycles. The van der Waals surface area contributed by atoms with Gasteiger partial charge in [0.15, 0.2) is 11.5 Å². The van der Waals surface area contributed by atoms with Gasteiger partial charge in [-0.2, -0.15) is 0 Å². The summed E-state index contributed by atoms with van der Waals surface area (Å²) >= 11 is 0. The van der Waals surface area contributed by atoms with Crippen molar-refractivity contribution in [3.8, 4) is 11.5 Å². The summed E-state index contributed by atoms with van der Waals surface area (Å²) < 4.78 is 12.5. The van der Waals surface area contributed by atoms with Crippen molar-refractivity contribution in [2.75, 3.05) is 18.1 Å². The van der Waals surface area contributed by atoms with Gasteiger partial charge in [-0.25, -0.2) is 0 Å². The van der Waals surface area contributed by atoms with Gasteiger partial charge < -0.3 is 20.1 Å². The van der Waals surface area contributed by atoms with Crippen LogP contribution in [-0.2, 0) is 4.79 Å². The molecule has 6 heteroatoms. The molecule has 0 radical (unpaired) electrons. The first-order valence-corrected chi connectivity index (χ1v) is 11.7. The number of ether oxygens (including phenoxy) is 2. The van der Waals surface area contributed by atoms with E-state index in [-0.39, 0.29) is 17.9 Å². The van der Waals surface area contributed by atoms with Gasteiger partial charge in [-0.05, 0) is 80.3 Å². The van der Waals surface area contributed by atoms with Crippen molar-refractivity contribution < 1.29 is 19.1 Å². The fourth-order valence-corrected chi connectivity index (χ4v) is 4.68. The maximum atomic E-state index is 12.8. The molecule has 2 N–H and O–H groups in total. The van der Waals surface area contributed by atoms with Crippen LogP contribution in [0, 0.1) is 5.92 Å². The molecule has 3 aliphatic rings. The van der Waals surface area contributed by atoms with E-state index in [1.807, 2.05) is 12.1 Å². The summed E-state index contributed by atoms with van der Waals surface area (Å²) in [6, 6.07) is 13.1. The summed E-state index contributed by atoms with van der Waals surface area (Å²) in [5.41, 5.74) is 7.61. The molecule has 0 spiro atoms. The van der Waals surface area contributed by atoms with Gasteiger partial charge in [0.2, 0.25) is 11.8 Å². The maximum Gasteiger partial charge on any atom is 0.248 e. The average Bonchev–Trinajstić information content (AvgIpc) is 3.33. The molecule has 2 saturated carbocycles. The van der Waals surface area contributed by atoms with Crippen LogP contribution < -0.4 is 20.1 Å². The van der Waals surface area contributed by atoms with E-state index in [2.05, 4.69) is 12.1 Å². The van der Waals surface area contributed by atoms with Gasteiger partial charge >= 0.3 is 0 Å². The van der Waals surface area contributed by atoms with Crippen LogP contribution in [0.1, 0.15) is 66.8 Å². The van der Waals surface area contributed by atoms with Crippen LogP contribution in [0.15, 0.2) is 42.5 Å². The third-order valence-electron chi connectivity index (χ3n) is 6.77. The smallest absolute Gasteiger partial charge is 0.248 e. The number of hydrogen-bond donors (Lipinski definition) is 1. The highest BCUT2D eigenvalue weighted by Gasteiger charge is 2.33. The fourth-order valence-electron chi connectivity index (χ4n) is 4.68. The molecule has 5 rings (SSSR count). The molecule has 0 unspecified atom stereocenters. The second-order valence-corrected chi connectivity index (χ2v) is 9.30. The second-order valence-electron chi connectivity index (χ2n) is 9.30. The van der Waals surface area contributed by atoms with Crippen molar-refractivity contribution in [2.45, 2.75) is 57.0 Å². The lowest BCUT2D eigenvalue weighted by molar-refractivity contribution is -0.117. The Labute approximate surface area is 188 Å². The number of primary amides is 1. The Kier molecular flexibility index (Phi) is 5.77. The van der Waals surface area contributed by atoms with Crippen LogP contribution in [-0.4, -0.2) is 31.1 Å².